The second kappa shape index (κ2) is 6.67. The molecule has 1 saturated carbocycles. The number of likely N-dealkylation sites (tertiary alicyclic amines) is 1. The Labute approximate surface area is 127 Å². The lowest BCUT2D eigenvalue weighted by Crippen LogP contribution is -2.56. The highest BCUT2D eigenvalue weighted by atomic mass is 16.4. The number of nitrogens with zero attached hydrogens (tertiary/aromatic N) is 1. The molecule has 0 aromatic heterocycles. The highest BCUT2D eigenvalue weighted by molar-refractivity contribution is 5.77. The van der Waals surface area contributed by atoms with Crippen molar-refractivity contribution in [2.24, 2.45) is 17.8 Å². The predicted octanol–water partition coefficient (Wildman–Crippen LogP) is 2.71. The fraction of sp³-hybridized carbons (Fsp3) is 0.875. The zero-order valence-electron chi connectivity index (χ0n) is 13.3. The van der Waals surface area contributed by atoms with E-state index in [0.29, 0.717) is 18.3 Å². The van der Waals surface area contributed by atoms with E-state index in [4.69, 9.17) is 0 Å². The van der Waals surface area contributed by atoms with Crippen LogP contribution in [-0.2, 0) is 4.79 Å². The average molecular weight is 296 g/mol. The van der Waals surface area contributed by atoms with Crippen LogP contribution in [0.4, 0.5) is 4.79 Å². The molecule has 5 atom stereocenters. The van der Waals surface area contributed by atoms with E-state index in [1.54, 1.807) is 0 Å². The number of rotatable bonds is 2. The molecule has 2 amide bonds. The summed E-state index contributed by atoms with van der Waals surface area (Å²) in [6.07, 6.45) is 4.53. The number of carboxylic acids is 1. The van der Waals surface area contributed by atoms with E-state index < -0.39 is 11.9 Å². The summed E-state index contributed by atoms with van der Waals surface area (Å²) >= 11 is 0. The minimum Gasteiger partial charge on any atom is -0.481 e. The Balaban J connectivity index is 2.00. The summed E-state index contributed by atoms with van der Waals surface area (Å²) in [7, 11) is 0. The number of carboxylic acid groups (broad SMARTS) is 1. The molecule has 2 fully saturated rings. The Kier molecular flexibility index (Phi) is 5.12. The minimum atomic E-state index is -0.784. The summed E-state index contributed by atoms with van der Waals surface area (Å²) in [4.78, 5) is 25.8. The van der Waals surface area contributed by atoms with E-state index in [1.165, 1.54) is 0 Å². The number of carbonyl (C=O) groups excluding carboxylic acids is 1. The van der Waals surface area contributed by atoms with Gasteiger partial charge in [-0.15, -0.1) is 0 Å². The first-order valence-corrected chi connectivity index (χ1v) is 8.20. The van der Waals surface area contributed by atoms with Crippen LogP contribution in [0.15, 0.2) is 0 Å². The normalized spacial score (nSPS) is 37.1. The van der Waals surface area contributed by atoms with Gasteiger partial charge in [0.25, 0.3) is 0 Å². The minimum absolute atomic E-state index is 0.0842. The topological polar surface area (TPSA) is 69.6 Å². The zero-order valence-corrected chi connectivity index (χ0v) is 13.3. The van der Waals surface area contributed by atoms with Gasteiger partial charge in [0.1, 0.15) is 0 Å². The monoisotopic (exact) mass is 296 g/mol. The summed E-state index contributed by atoms with van der Waals surface area (Å²) in [5.74, 6) is -0.226. The number of aliphatic carboxylic acids is 1. The summed E-state index contributed by atoms with van der Waals surface area (Å²) < 4.78 is 0. The molecule has 1 saturated heterocycles. The van der Waals surface area contributed by atoms with Crippen molar-refractivity contribution < 1.29 is 14.7 Å². The van der Waals surface area contributed by atoms with Crippen molar-refractivity contribution in [2.45, 2.75) is 65.0 Å². The van der Waals surface area contributed by atoms with Crippen molar-refractivity contribution in [1.82, 2.24) is 10.2 Å². The van der Waals surface area contributed by atoms with Crippen LogP contribution >= 0.6 is 0 Å². The third-order valence-corrected chi connectivity index (χ3v) is 5.25. The molecule has 1 heterocycles. The SMILES string of the molecule is CC1CC(C)C(C)N(C(=O)NC2CCCCC2C(=O)O)C1. The molecule has 0 radical (unpaired) electrons. The first kappa shape index (κ1) is 16.1. The average Bonchev–Trinajstić information content (AvgIpc) is 2.43. The molecule has 2 N–H and O–H groups in total. The fourth-order valence-corrected chi connectivity index (χ4v) is 3.82. The molecule has 0 aromatic carbocycles. The number of hydrogen-bond acceptors (Lipinski definition) is 2. The van der Waals surface area contributed by atoms with Crippen LogP contribution < -0.4 is 5.32 Å². The van der Waals surface area contributed by atoms with Crippen LogP contribution in [0.3, 0.4) is 0 Å². The number of nitrogens with one attached hydrogen (secondary N) is 1. The van der Waals surface area contributed by atoms with Gasteiger partial charge in [0.2, 0.25) is 0 Å². The number of carbonyl (C=O) groups is 2. The lowest BCUT2D eigenvalue weighted by molar-refractivity contribution is -0.143. The molecule has 1 aliphatic carbocycles. The van der Waals surface area contributed by atoms with E-state index in [9.17, 15) is 14.7 Å². The largest absolute Gasteiger partial charge is 0.481 e. The third kappa shape index (κ3) is 3.69. The van der Waals surface area contributed by atoms with Crippen molar-refractivity contribution in [3.05, 3.63) is 0 Å². The molecule has 120 valence electrons. The maximum absolute atomic E-state index is 12.6. The summed E-state index contributed by atoms with van der Waals surface area (Å²) in [5, 5.41) is 12.3. The Hall–Kier alpha value is -1.26. The maximum Gasteiger partial charge on any atom is 0.317 e. The van der Waals surface area contributed by atoms with Gasteiger partial charge in [-0.1, -0.05) is 26.7 Å². The Morgan fingerprint density at radius 2 is 1.81 bits per heavy atom. The van der Waals surface area contributed by atoms with Crippen molar-refractivity contribution in [3.63, 3.8) is 0 Å². The molecule has 2 rings (SSSR count). The maximum atomic E-state index is 12.6. The van der Waals surface area contributed by atoms with Crippen LogP contribution in [0.25, 0.3) is 0 Å². The molecule has 0 spiro atoms. The predicted molar refractivity (Wildman–Crippen MR) is 81.0 cm³/mol. The molecule has 0 bridgehead atoms. The smallest absolute Gasteiger partial charge is 0.317 e. The first-order valence-electron chi connectivity index (χ1n) is 8.20. The molecule has 1 aliphatic heterocycles. The summed E-state index contributed by atoms with van der Waals surface area (Å²) in [5.41, 5.74) is 0. The molecular formula is C16H28N2O3. The Morgan fingerprint density at radius 3 is 2.48 bits per heavy atom. The number of amides is 2. The first-order chi connectivity index (χ1) is 9.90. The standard InChI is InChI=1S/C16H28N2O3/c1-10-8-11(2)12(3)18(9-10)16(21)17-14-7-5-4-6-13(14)15(19)20/h10-14H,4-9H2,1-3H3,(H,17,21)(H,19,20). The van der Waals surface area contributed by atoms with Gasteiger partial charge in [0, 0.05) is 18.6 Å². The summed E-state index contributed by atoms with van der Waals surface area (Å²) in [6, 6.07) is -0.0874. The zero-order chi connectivity index (χ0) is 15.6. The van der Waals surface area contributed by atoms with Crippen molar-refractivity contribution in [2.75, 3.05) is 6.54 Å². The molecular weight excluding hydrogens is 268 g/mol. The van der Waals surface area contributed by atoms with E-state index >= 15 is 0 Å². The van der Waals surface area contributed by atoms with E-state index in [2.05, 4.69) is 26.1 Å². The molecule has 21 heavy (non-hydrogen) atoms. The quantitative estimate of drug-likeness (QED) is 0.823. The highest BCUT2D eigenvalue weighted by Crippen LogP contribution is 2.28. The Bertz CT molecular complexity index is 399. The van der Waals surface area contributed by atoms with Crippen LogP contribution in [0.2, 0.25) is 0 Å². The van der Waals surface area contributed by atoms with Gasteiger partial charge in [-0.3, -0.25) is 4.79 Å². The van der Waals surface area contributed by atoms with Crippen LogP contribution in [0, 0.1) is 17.8 Å². The third-order valence-electron chi connectivity index (χ3n) is 5.25. The van der Waals surface area contributed by atoms with Gasteiger partial charge >= 0.3 is 12.0 Å². The molecule has 2 aliphatic rings. The number of hydrogen-bond donors (Lipinski definition) is 2. The van der Waals surface area contributed by atoms with E-state index in [-0.39, 0.29) is 18.1 Å². The van der Waals surface area contributed by atoms with E-state index in [1.807, 2.05) is 4.90 Å². The second-order valence-electron chi connectivity index (χ2n) is 7.00. The van der Waals surface area contributed by atoms with Crippen LogP contribution in [-0.4, -0.2) is 40.6 Å². The molecule has 5 heteroatoms. The lowest BCUT2D eigenvalue weighted by Gasteiger charge is -2.42. The van der Waals surface area contributed by atoms with E-state index in [0.717, 1.165) is 32.2 Å². The molecule has 0 aromatic rings. The fourth-order valence-electron chi connectivity index (χ4n) is 3.82. The van der Waals surface area contributed by atoms with Gasteiger partial charge < -0.3 is 15.3 Å². The van der Waals surface area contributed by atoms with Gasteiger partial charge in [0.15, 0.2) is 0 Å². The molecule has 5 nitrogen and oxygen atoms in total. The van der Waals surface area contributed by atoms with Crippen molar-refractivity contribution in [1.29, 1.82) is 0 Å². The van der Waals surface area contributed by atoms with Crippen molar-refractivity contribution >= 4 is 12.0 Å². The Morgan fingerprint density at radius 1 is 1.14 bits per heavy atom. The van der Waals surface area contributed by atoms with Crippen molar-refractivity contribution in [3.8, 4) is 0 Å². The van der Waals surface area contributed by atoms with Crippen LogP contribution in [0.5, 0.6) is 0 Å². The number of urea groups is 1. The second-order valence-corrected chi connectivity index (χ2v) is 7.00. The molecule has 5 unspecified atom stereocenters. The number of piperidine rings is 1. The van der Waals surface area contributed by atoms with Crippen LogP contribution in [0.1, 0.15) is 52.9 Å². The van der Waals surface area contributed by atoms with Gasteiger partial charge in [-0.2, -0.15) is 0 Å². The highest BCUT2D eigenvalue weighted by Gasteiger charge is 2.36. The van der Waals surface area contributed by atoms with Gasteiger partial charge in [-0.05, 0) is 38.0 Å². The lowest BCUT2D eigenvalue weighted by atomic mass is 9.84. The van der Waals surface area contributed by atoms with Gasteiger partial charge in [-0.25, -0.2) is 4.79 Å². The summed E-state index contributed by atoms with van der Waals surface area (Å²) in [6.45, 7) is 7.21. The van der Waals surface area contributed by atoms with Gasteiger partial charge in [0.05, 0.1) is 5.92 Å².